The summed E-state index contributed by atoms with van der Waals surface area (Å²) >= 11 is 3.43. The van der Waals surface area contributed by atoms with Crippen molar-refractivity contribution in [2.45, 2.75) is 0 Å². The van der Waals surface area contributed by atoms with E-state index in [4.69, 9.17) is 0 Å². The van der Waals surface area contributed by atoms with Crippen molar-refractivity contribution in [2.24, 2.45) is 0 Å². The van der Waals surface area contributed by atoms with Crippen LogP contribution in [-0.4, -0.2) is 4.98 Å². The molecule has 1 aromatic heterocycles. The molecule has 3 aromatic rings. The Hall–Kier alpha value is -2.38. The normalized spacial score (nSPS) is 10.4. The second-order valence-electron chi connectivity index (χ2n) is 4.37. The molecular weight excluding hydrogens is 316 g/mol. The fraction of sp³-hybridized carbons (Fsp3) is 0. The Bertz CT molecular complexity index is 892. The summed E-state index contributed by atoms with van der Waals surface area (Å²) in [6.45, 7) is 0. The smallest absolute Gasteiger partial charge is 0.266 e. The van der Waals surface area contributed by atoms with Gasteiger partial charge in [-0.2, -0.15) is 5.26 Å². The van der Waals surface area contributed by atoms with E-state index in [-0.39, 0.29) is 11.1 Å². The zero-order valence-electron chi connectivity index (χ0n) is 10.4. The van der Waals surface area contributed by atoms with E-state index in [1.54, 1.807) is 0 Å². The second-order valence-corrected chi connectivity index (χ2v) is 5.29. The minimum Gasteiger partial charge on any atom is -0.321 e. The summed E-state index contributed by atoms with van der Waals surface area (Å²) in [5.74, 6) is 0. The molecule has 96 valence electrons. The number of nitrogens with zero attached hydrogens (tertiary/aromatic N) is 1. The topological polar surface area (TPSA) is 56.6 Å². The Morgan fingerprint density at radius 2 is 1.85 bits per heavy atom. The molecule has 0 radical (unpaired) electrons. The number of nitrogens with one attached hydrogen (secondary N) is 1. The predicted octanol–water partition coefficient (Wildman–Crippen LogP) is 3.83. The average molecular weight is 325 g/mol. The van der Waals surface area contributed by atoms with Crippen molar-refractivity contribution >= 4 is 26.8 Å². The van der Waals surface area contributed by atoms with E-state index in [9.17, 15) is 10.1 Å². The van der Waals surface area contributed by atoms with E-state index >= 15 is 0 Å². The van der Waals surface area contributed by atoms with Gasteiger partial charge in [0, 0.05) is 20.9 Å². The maximum Gasteiger partial charge on any atom is 0.266 e. The van der Waals surface area contributed by atoms with Gasteiger partial charge in [0.05, 0.1) is 0 Å². The van der Waals surface area contributed by atoms with E-state index in [0.29, 0.717) is 5.56 Å². The SMILES string of the molecule is N#Cc1c(-c2ccccc2)c2cc(Br)ccc2[nH]c1=O. The molecule has 2 aromatic carbocycles. The monoisotopic (exact) mass is 324 g/mol. The molecule has 0 atom stereocenters. The van der Waals surface area contributed by atoms with Crippen LogP contribution in [0.5, 0.6) is 0 Å². The first kappa shape index (κ1) is 12.6. The zero-order valence-corrected chi connectivity index (χ0v) is 11.9. The summed E-state index contributed by atoms with van der Waals surface area (Å²) in [6.07, 6.45) is 0. The van der Waals surface area contributed by atoms with Gasteiger partial charge in [-0.1, -0.05) is 46.3 Å². The molecule has 0 saturated heterocycles. The maximum atomic E-state index is 12.1. The molecule has 0 aliphatic rings. The highest BCUT2D eigenvalue weighted by atomic mass is 79.9. The largest absolute Gasteiger partial charge is 0.321 e. The Morgan fingerprint density at radius 1 is 1.10 bits per heavy atom. The van der Waals surface area contributed by atoms with E-state index < -0.39 is 0 Å². The van der Waals surface area contributed by atoms with Gasteiger partial charge >= 0.3 is 0 Å². The van der Waals surface area contributed by atoms with Crippen LogP contribution in [0.1, 0.15) is 5.56 Å². The molecule has 1 N–H and O–H groups in total. The second kappa shape index (κ2) is 4.95. The molecule has 0 unspecified atom stereocenters. The molecular formula is C16H9BrN2O. The number of aromatic amines is 1. The van der Waals surface area contributed by atoms with Gasteiger partial charge in [-0.15, -0.1) is 0 Å². The molecule has 0 aliphatic heterocycles. The third kappa shape index (κ3) is 2.02. The van der Waals surface area contributed by atoms with Crippen molar-refractivity contribution in [3.8, 4) is 17.2 Å². The molecule has 0 aliphatic carbocycles. The molecule has 0 amide bonds. The van der Waals surface area contributed by atoms with Gasteiger partial charge in [0.2, 0.25) is 0 Å². The van der Waals surface area contributed by atoms with Crippen LogP contribution >= 0.6 is 15.9 Å². The highest BCUT2D eigenvalue weighted by Gasteiger charge is 2.14. The van der Waals surface area contributed by atoms with E-state index in [1.165, 1.54) is 0 Å². The Morgan fingerprint density at radius 3 is 2.55 bits per heavy atom. The number of fused-ring (bicyclic) bond motifs is 1. The highest BCUT2D eigenvalue weighted by Crippen LogP contribution is 2.30. The molecule has 0 bridgehead atoms. The van der Waals surface area contributed by atoms with Crippen molar-refractivity contribution in [1.29, 1.82) is 5.26 Å². The number of benzene rings is 2. The van der Waals surface area contributed by atoms with Gasteiger partial charge in [0.15, 0.2) is 0 Å². The summed E-state index contributed by atoms with van der Waals surface area (Å²) in [4.78, 5) is 14.8. The summed E-state index contributed by atoms with van der Waals surface area (Å²) in [6, 6.07) is 17.1. The highest BCUT2D eigenvalue weighted by molar-refractivity contribution is 9.10. The lowest BCUT2D eigenvalue weighted by atomic mass is 9.97. The summed E-state index contributed by atoms with van der Waals surface area (Å²) in [7, 11) is 0. The van der Waals surface area contributed by atoms with Crippen molar-refractivity contribution in [3.05, 3.63) is 68.9 Å². The number of H-pyrrole nitrogens is 1. The van der Waals surface area contributed by atoms with Crippen LogP contribution in [0.4, 0.5) is 0 Å². The molecule has 1 heterocycles. The van der Waals surface area contributed by atoms with Crippen LogP contribution in [0.3, 0.4) is 0 Å². The van der Waals surface area contributed by atoms with E-state index in [0.717, 1.165) is 20.9 Å². The predicted molar refractivity (Wildman–Crippen MR) is 82.4 cm³/mol. The zero-order chi connectivity index (χ0) is 14.1. The van der Waals surface area contributed by atoms with Crippen molar-refractivity contribution in [3.63, 3.8) is 0 Å². The third-order valence-corrected chi connectivity index (χ3v) is 3.64. The lowest BCUT2D eigenvalue weighted by molar-refractivity contribution is 1.27. The number of rotatable bonds is 1. The lowest BCUT2D eigenvalue weighted by Gasteiger charge is -2.09. The number of halogens is 1. The van der Waals surface area contributed by atoms with Gasteiger partial charge < -0.3 is 4.98 Å². The third-order valence-electron chi connectivity index (χ3n) is 3.15. The summed E-state index contributed by atoms with van der Waals surface area (Å²) < 4.78 is 0.901. The fourth-order valence-corrected chi connectivity index (χ4v) is 2.64. The lowest BCUT2D eigenvalue weighted by Crippen LogP contribution is -2.12. The molecule has 3 nitrogen and oxygen atoms in total. The quantitative estimate of drug-likeness (QED) is 0.739. The van der Waals surface area contributed by atoms with Gasteiger partial charge in [0.25, 0.3) is 5.56 Å². The average Bonchev–Trinajstić information content (AvgIpc) is 2.47. The maximum absolute atomic E-state index is 12.1. The van der Waals surface area contributed by atoms with Crippen molar-refractivity contribution in [1.82, 2.24) is 4.98 Å². The van der Waals surface area contributed by atoms with Gasteiger partial charge in [0.1, 0.15) is 11.6 Å². The van der Waals surface area contributed by atoms with E-state index in [1.807, 2.05) is 54.6 Å². The fourth-order valence-electron chi connectivity index (χ4n) is 2.28. The first-order chi connectivity index (χ1) is 9.70. The minimum atomic E-state index is -0.360. The number of pyridine rings is 1. The van der Waals surface area contributed by atoms with Crippen LogP contribution in [0.15, 0.2) is 57.8 Å². The van der Waals surface area contributed by atoms with Crippen LogP contribution in [0, 0.1) is 11.3 Å². The van der Waals surface area contributed by atoms with Crippen LogP contribution in [0.25, 0.3) is 22.0 Å². The summed E-state index contributed by atoms with van der Waals surface area (Å²) in [5, 5.41) is 10.2. The van der Waals surface area contributed by atoms with Gasteiger partial charge in [-0.25, -0.2) is 0 Å². The Kier molecular flexibility index (Phi) is 3.13. The Labute approximate surface area is 123 Å². The molecule has 0 fully saturated rings. The molecule has 3 rings (SSSR count). The van der Waals surface area contributed by atoms with Crippen molar-refractivity contribution in [2.75, 3.05) is 0 Å². The Balaban J connectivity index is 2.53. The minimum absolute atomic E-state index is 0.141. The number of hydrogen-bond donors (Lipinski definition) is 1. The van der Waals surface area contributed by atoms with Crippen molar-refractivity contribution < 1.29 is 0 Å². The van der Waals surface area contributed by atoms with Crippen LogP contribution < -0.4 is 5.56 Å². The van der Waals surface area contributed by atoms with Gasteiger partial charge in [-0.05, 0) is 23.8 Å². The number of nitriles is 1. The van der Waals surface area contributed by atoms with Gasteiger partial charge in [-0.3, -0.25) is 4.79 Å². The standard InChI is InChI=1S/C16H9BrN2O/c17-11-6-7-14-12(8-11)15(10-4-2-1-3-5-10)13(9-18)16(20)19-14/h1-8H,(H,19,20). The van der Waals surface area contributed by atoms with Crippen LogP contribution in [0.2, 0.25) is 0 Å². The number of hydrogen-bond acceptors (Lipinski definition) is 2. The molecule has 0 saturated carbocycles. The first-order valence-corrected chi connectivity index (χ1v) is 6.81. The molecule has 4 heteroatoms. The number of aromatic nitrogens is 1. The first-order valence-electron chi connectivity index (χ1n) is 6.02. The molecule has 0 spiro atoms. The van der Waals surface area contributed by atoms with Crippen LogP contribution in [-0.2, 0) is 0 Å². The summed E-state index contributed by atoms with van der Waals surface area (Å²) in [5.41, 5.74) is 2.03. The van der Waals surface area contributed by atoms with E-state index in [2.05, 4.69) is 20.9 Å². The molecule has 20 heavy (non-hydrogen) atoms.